The predicted octanol–water partition coefficient (Wildman–Crippen LogP) is 2.30. The lowest BCUT2D eigenvalue weighted by molar-refractivity contribution is 0.772. The summed E-state index contributed by atoms with van der Waals surface area (Å²) in [7, 11) is 3.80. The fourth-order valence-corrected chi connectivity index (χ4v) is 1.83. The molecule has 4 nitrogen and oxygen atoms in total. The Bertz CT molecular complexity index is 490. The largest absolute Gasteiger partial charge is 0.357 e. The minimum absolute atomic E-state index is 0.768. The van der Waals surface area contributed by atoms with Gasteiger partial charge >= 0.3 is 0 Å². The second-order valence-electron chi connectivity index (χ2n) is 3.88. The summed E-state index contributed by atoms with van der Waals surface area (Å²) in [4.78, 5) is 0. The molecular weight excluding hydrogens is 236 g/mol. The molecule has 0 aliphatic heterocycles. The number of anilines is 1. The summed E-state index contributed by atoms with van der Waals surface area (Å²) < 4.78 is 1.97. The van der Waals surface area contributed by atoms with Crippen molar-refractivity contribution in [1.29, 1.82) is 0 Å². The first-order valence-corrected chi connectivity index (χ1v) is 5.89. The molecule has 0 aliphatic carbocycles. The van der Waals surface area contributed by atoms with Crippen molar-refractivity contribution < 1.29 is 0 Å². The van der Waals surface area contributed by atoms with Gasteiger partial charge in [-0.05, 0) is 24.1 Å². The third-order valence-corrected chi connectivity index (χ3v) is 2.99. The fourth-order valence-electron chi connectivity index (χ4n) is 1.70. The topological polar surface area (TPSA) is 42.7 Å². The summed E-state index contributed by atoms with van der Waals surface area (Å²) in [5.41, 5.74) is 1.25. The van der Waals surface area contributed by atoms with E-state index in [9.17, 15) is 0 Å². The van der Waals surface area contributed by atoms with Crippen molar-refractivity contribution in [3.63, 3.8) is 0 Å². The Morgan fingerprint density at radius 2 is 1.88 bits per heavy atom. The van der Waals surface area contributed by atoms with Crippen LogP contribution in [0.25, 0.3) is 0 Å². The van der Waals surface area contributed by atoms with Crippen molar-refractivity contribution in [3.8, 4) is 0 Å². The molecule has 0 unspecified atom stereocenters. The predicted molar refractivity (Wildman–Crippen MR) is 69.4 cm³/mol. The van der Waals surface area contributed by atoms with Gasteiger partial charge in [-0.25, -0.2) is 0 Å². The average molecular weight is 251 g/mol. The van der Waals surface area contributed by atoms with Gasteiger partial charge in [0.15, 0.2) is 0 Å². The van der Waals surface area contributed by atoms with Gasteiger partial charge in [0.1, 0.15) is 5.82 Å². The van der Waals surface area contributed by atoms with E-state index in [1.54, 1.807) is 0 Å². The molecule has 1 heterocycles. The first-order chi connectivity index (χ1) is 8.20. The molecule has 1 aromatic heterocycles. The van der Waals surface area contributed by atoms with Crippen LogP contribution in [0.5, 0.6) is 0 Å². The molecule has 5 heteroatoms. The number of benzene rings is 1. The SMILES string of the molecule is CNc1nnc(CCc2ccc(Cl)cc2)n1C. The number of hydrogen-bond acceptors (Lipinski definition) is 3. The summed E-state index contributed by atoms with van der Waals surface area (Å²) in [5, 5.41) is 11.9. The van der Waals surface area contributed by atoms with Crippen LogP contribution in [0.2, 0.25) is 5.02 Å². The molecule has 2 aromatic rings. The molecular formula is C12H15ClN4. The quantitative estimate of drug-likeness (QED) is 0.906. The van der Waals surface area contributed by atoms with Crippen LogP contribution in [0.3, 0.4) is 0 Å². The minimum atomic E-state index is 0.768. The van der Waals surface area contributed by atoms with Gasteiger partial charge in [-0.3, -0.25) is 0 Å². The molecule has 0 aliphatic rings. The van der Waals surface area contributed by atoms with E-state index in [0.29, 0.717) is 0 Å². The first-order valence-electron chi connectivity index (χ1n) is 5.51. The van der Waals surface area contributed by atoms with Crippen molar-refractivity contribution in [2.45, 2.75) is 12.8 Å². The number of rotatable bonds is 4. The zero-order valence-corrected chi connectivity index (χ0v) is 10.7. The molecule has 0 amide bonds. The molecule has 0 spiro atoms. The standard InChI is InChI=1S/C12H15ClN4/c1-14-12-16-15-11(17(12)2)8-5-9-3-6-10(13)7-4-9/h3-4,6-7H,5,8H2,1-2H3,(H,14,16). The number of nitrogens with one attached hydrogen (secondary N) is 1. The van der Waals surface area contributed by atoms with Gasteiger partial charge in [0.2, 0.25) is 5.95 Å². The molecule has 0 saturated heterocycles. The molecule has 0 fully saturated rings. The average Bonchev–Trinajstić information content (AvgIpc) is 2.69. The molecule has 0 bridgehead atoms. The Balaban J connectivity index is 2.02. The molecule has 0 radical (unpaired) electrons. The van der Waals surface area contributed by atoms with E-state index in [4.69, 9.17) is 11.6 Å². The van der Waals surface area contributed by atoms with Gasteiger partial charge in [-0.1, -0.05) is 23.7 Å². The number of aryl methyl sites for hydroxylation is 2. The molecule has 1 aromatic carbocycles. The van der Waals surface area contributed by atoms with E-state index in [1.165, 1.54) is 5.56 Å². The highest BCUT2D eigenvalue weighted by Gasteiger charge is 2.06. The highest BCUT2D eigenvalue weighted by atomic mass is 35.5. The Labute approximate surface area is 106 Å². The van der Waals surface area contributed by atoms with E-state index in [2.05, 4.69) is 15.5 Å². The van der Waals surface area contributed by atoms with E-state index < -0.39 is 0 Å². The molecule has 0 saturated carbocycles. The summed E-state index contributed by atoms with van der Waals surface area (Å²) in [6, 6.07) is 7.90. The van der Waals surface area contributed by atoms with Crippen LogP contribution in [0, 0.1) is 0 Å². The number of halogens is 1. The summed E-state index contributed by atoms with van der Waals surface area (Å²) >= 11 is 5.84. The van der Waals surface area contributed by atoms with Crippen molar-refractivity contribution in [2.75, 3.05) is 12.4 Å². The molecule has 17 heavy (non-hydrogen) atoms. The lowest BCUT2D eigenvalue weighted by atomic mass is 10.1. The maximum atomic E-state index is 5.84. The summed E-state index contributed by atoms with van der Waals surface area (Å²) in [5.74, 6) is 1.76. The Kier molecular flexibility index (Phi) is 3.64. The van der Waals surface area contributed by atoms with Gasteiger partial charge in [-0.15, -0.1) is 10.2 Å². The third-order valence-electron chi connectivity index (χ3n) is 2.74. The number of aromatic nitrogens is 3. The summed E-state index contributed by atoms with van der Waals surface area (Å²) in [6.07, 6.45) is 1.81. The van der Waals surface area contributed by atoms with Crippen LogP contribution in [0.15, 0.2) is 24.3 Å². The van der Waals surface area contributed by atoms with Gasteiger partial charge in [-0.2, -0.15) is 0 Å². The van der Waals surface area contributed by atoms with Gasteiger partial charge < -0.3 is 9.88 Å². The third kappa shape index (κ3) is 2.77. The van der Waals surface area contributed by atoms with E-state index in [-0.39, 0.29) is 0 Å². The van der Waals surface area contributed by atoms with Crippen molar-refractivity contribution >= 4 is 17.5 Å². The second kappa shape index (κ2) is 5.19. The highest BCUT2D eigenvalue weighted by molar-refractivity contribution is 6.30. The minimum Gasteiger partial charge on any atom is -0.357 e. The smallest absolute Gasteiger partial charge is 0.224 e. The maximum absolute atomic E-state index is 5.84. The number of hydrogen-bond donors (Lipinski definition) is 1. The summed E-state index contributed by atoms with van der Waals surface area (Å²) in [6.45, 7) is 0. The molecule has 1 N–H and O–H groups in total. The van der Waals surface area contributed by atoms with Crippen molar-refractivity contribution in [1.82, 2.24) is 14.8 Å². The van der Waals surface area contributed by atoms with E-state index in [1.807, 2.05) is 42.9 Å². The second-order valence-corrected chi connectivity index (χ2v) is 4.31. The Morgan fingerprint density at radius 1 is 1.18 bits per heavy atom. The zero-order valence-electron chi connectivity index (χ0n) is 9.94. The lowest BCUT2D eigenvalue weighted by Gasteiger charge is -2.03. The van der Waals surface area contributed by atoms with Gasteiger partial charge in [0, 0.05) is 25.5 Å². The van der Waals surface area contributed by atoms with E-state index >= 15 is 0 Å². The maximum Gasteiger partial charge on any atom is 0.224 e. The van der Waals surface area contributed by atoms with Crippen LogP contribution in [-0.2, 0) is 19.9 Å². The first kappa shape index (κ1) is 11.9. The Hall–Kier alpha value is -1.55. The normalized spacial score (nSPS) is 10.5. The van der Waals surface area contributed by atoms with E-state index in [0.717, 1.165) is 29.6 Å². The van der Waals surface area contributed by atoms with Crippen molar-refractivity contribution in [3.05, 3.63) is 40.7 Å². The van der Waals surface area contributed by atoms with Gasteiger partial charge in [0.25, 0.3) is 0 Å². The van der Waals surface area contributed by atoms with Crippen LogP contribution in [0.1, 0.15) is 11.4 Å². The highest BCUT2D eigenvalue weighted by Crippen LogP contribution is 2.12. The van der Waals surface area contributed by atoms with Crippen LogP contribution in [-0.4, -0.2) is 21.8 Å². The molecule has 90 valence electrons. The van der Waals surface area contributed by atoms with Gasteiger partial charge in [0.05, 0.1) is 0 Å². The monoisotopic (exact) mass is 250 g/mol. The zero-order chi connectivity index (χ0) is 12.3. The lowest BCUT2D eigenvalue weighted by Crippen LogP contribution is -2.03. The van der Waals surface area contributed by atoms with Crippen LogP contribution < -0.4 is 5.32 Å². The Morgan fingerprint density at radius 3 is 2.47 bits per heavy atom. The number of nitrogens with zero attached hydrogens (tertiary/aromatic N) is 3. The van der Waals surface area contributed by atoms with Crippen LogP contribution >= 0.6 is 11.6 Å². The van der Waals surface area contributed by atoms with Crippen LogP contribution in [0.4, 0.5) is 5.95 Å². The molecule has 2 rings (SSSR count). The molecule has 0 atom stereocenters. The van der Waals surface area contributed by atoms with Crippen molar-refractivity contribution in [2.24, 2.45) is 7.05 Å². The fraction of sp³-hybridized carbons (Fsp3) is 0.333.